The average molecular weight is 279 g/mol. The predicted octanol–water partition coefficient (Wildman–Crippen LogP) is 1.70. The number of hydrogen-bond acceptors (Lipinski definition) is 4. The molecule has 0 fully saturated rings. The van der Waals surface area contributed by atoms with Crippen molar-refractivity contribution in [2.24, 2.45) is 11.7 Å². The number of para-hydroxylation sites is 1. The van der Waals surface area contributed by atoms with Gasteiger partial charge in [0.2, 0.25) is 0 Å². The lowest BCUT2D eigenvalue weighted by Gasteiger charge is -2.51. The Labute approximate surface area is 120 Å². The first-order chi connectivity index (χ1) is 9.52. The van der Waals surface area contributed by atoms with Crippen LogP contribution in [0.5, 0.6) is 5.75 Å². The summed E-state index contributed by atoms with van der Waals surface area (Å²) in [6.45, 7) is 5.21. The average Bonchev–Trinajstić information content (AvgIpc) is 2.46. The smallest absolute Gasteiger partial charge is 0.123 e. The van der Waals surface area contributed by atoms with Crippen LogP contribution in [0.4, 0.5) is 0 Å². The second kappa shape index (κ2) is 5.72. The van der Waals surface area contributed by atoms with E-state index < -0.39 is 11.0 Å². The Kier molecular flexibility index (Phi) is 4.37. The van der Waals surface area contributed by atoms with E-state index in [2.05, 4.69) is 0 Å². The van der Waals surface area contributed by atoms with Gasteiger partial charge in [-0.05, 0) is 18.4 Å². The molecule has 0 aromatic heterocycles. The van der Waals surface area contributed by atoms with Crippen molar-refractivity contribution in [3.8, 4) is 5.75 Å². The summed E-state index contributed by atoms with van der Waals surface area (Å²) in [4.78, 5) is 0. The standard InChI is InChI=1S/C16H25NO3/c1-12(2)16(18,11-19-3)15(10-17)8-9-20-14-7-5-4-6-13(14)15/h4-7,12,18H,8-11,17H2,1-3H3. The minimum absolute atomic E-state index is 0.0251. The van der Waals surface area contributed by atoms with Crippen LogP contribution in [0.25, 0.3) is 0 Å². The molecule has 0 saturated heterocycles. The molecular formula is C16H25NO3. The van der Waals surface area contributed by atoms with Crippen molar-refractivity contribution >= 4 is 0 Å². The number of hydrogen-bond donors (Lipinski definition) is 2. The highest BCUT2D eigenvalue weighted by atomic mass is 16.5. The van der Waals surface area contributed by atoms with Crippen LogP contribution in [-0.2, 0) is 10.2 Å². The van der Waals surface area contributed by atoms with Crippen LogP contribution in [0.1, 0.15) is 25.8 Å². The Morgan fingerprint density at radius 3 is 2.75 bits per heavy atom. The van der Waals surface area contributed by atoms with Crippen molar-refractivity contribution in [2.75, 3.05) is 26.9 Å². The summed E-state index contributed by atoms with van der Waals surface area (Å²) in [5, 5.41) is 11.4. The zero-order valence-electron chi connectivity index (χ0n) is 12.6. The number of ether oxygens (including phenoxy) is 2. The molecule has 1 aliphatic rings. The van der Waals surface area contributed by atoms with Crippen molar-refractivity contribution in [3.05, 3.63) is 29.8 Å². The van der Waals surface area contributed by atoms with Crippen LogP contribution in [0.3, 0.4) is 0 Å². The molecule has 1 aliphatic heterocycles. The molecule has 4 nitrogen and oxygen atoms in total. The van der Waals surface area contributed by atoms with E-state index in [0.717, 1.165) is 11.3 Å². The Balaban J connectivity index is 2.60. The highest BCUT2D eigenvalue weighted by Gasteiger charge is 2.54. The van der Waals surface area contributed by atoms with E-state index in [-0.39, 0.29) is 12.5 Å². The lowest BCUT2D eigenvalue weighted by atomic mass is 9.60. The zero-order valence-corrected chi connectivity index (χ0v) is 12.6. The SMILES string of the molecule is COCC(O)(C(C)C)C1(CN)CCOc2ccccc21. The maximum absolute atomic E-state index is 11.4. The van der Waals surface area contributed by atoms with Crippen molar-refractivity contribution in [2.45, 2.75) is 31.3 Å². The van der Waals surface area contributed by atoms with Gasteiger partial charge in [-0.1, -0.05) is 32.0 Å². The number of benzene rings is 1. The normalized spacial score (nSPS) is 24.9. The molecule has 2 atom stereocenters. The lowest BCUT2D eigenvalue weighted by molar-refractivity contribution is -0.128. The lowest BCUT2D eigenvalue weighted by Crippen LogP contribution is -2.63. The van der Waals surface area contributed by atoms with Gasteiger partial charge in [-0.25, -0.2) is 0 Å². The van der Waals surface area contributed by atoms with Gasteiger partial charge < -0.3 is 20.3 Å². The summed E-state index contributed by atoms with van der Waals surface area (Å²) >= 11 is 0. The molecule has 0 radical (unpaired) electrons. The van der Waals surface area contributed by atoms with E-state index in [1.165, 1.54) is 0 Å². The van der Waals surface area contributed by atoms with Crippen LogP contribution in [-0.4, -0.2) is 37.6 Å². The molecule has 0 spiro atoms. The highest BCUT2D eigenvalue weighted by Crippen LogP contribution is 2.48. The zero-order chi connectivity index (χ0) is 14.8. The van der Waals surface area contributed by atoms with Crippen molar-refractivity contribution < 1.29 is 14.6 Å². The summed E-state index contributed by atoms with van der Waals surface area (Å²) in [5.74, 6) is 0.844. The fraction of sp³-hybridized carbons (Fsp3) is 0.625. The van der Waals surface area contributed by atoms with Gasteiger partial charge in [-0.3, -0.25) is 0 Å². The van der Waals surface area contributed by atoms with Crippen LogP contribution in [0.2, 0.25) is 0 Å². The molecule has 3 N–H and O–H groups in total. The van der Waals surface area contributed by atoms with E-state index in [9.17, 15) is 5.11 Å². The van der Waals surface area contributed by atoms with Crippen LogP contribution in [0.15, 0.2) is 24.3 Å². The van der Waals surface area contributed by atoms with E-state index in [1.54, 1.807) is 7.11 Å². The van der Waals surface area contributed by atoms with E-state index in [0.29, 0.717) is 19.6 Å². The third-order valence-electron chi connectivity index (χ3n) is 4.69. The molecule has 2 rings (SSSR count). The summed E-state index contributed by atoms with van der Waals surface area (Å²) in [7, 11) is 1.61. The van der Waals surface area contributed by atoms with Crippen molar-refractivity contribution in [1.82, 2.24) is 0 Å². The number of fused-ring (bicyclic) bond motifs is 1. The molecule has 1 heterocycles. The van der Waals surface area contributed by atoms with Crippen molar-refractivity contribution in [1.29, 1.82) is 0 Å². The molecule has 2 unspecified atom stereocenters. The fourth-order valence-electron chi connectivity index (χ4n) is 3.37. The number of nitrogens with two attached hydrogens (primary N) is 1. The maximum atomic E-state index is 11.4. The Morgan fingerprint density at radius 2 is 2.15 bits per heavy atom. The number of aliphatic hydroxyl groups is 1. The molecule has 4 heteroatoms. The number of rotatable bonds is 5. The predicted molar refractivity (Wildman–Crippen MR) is 79.0 cm³/mol. The molecular weight excluding hydrogens is 254 g/mol. The van der Waals surface area contributed by atoms with Crippen molar-refractivity contribution in [3.63, 3.8) is 0 Å². The van der Waals surface area contributed by atoms with Gasteiger partial charge in [0.1, 0.15) is 11.4 Å². The minimum Gasteiger partial charge on any atom is -0.493 e. The molecule has 1 aromatic rings. The van der Waals surface area contributed by atoms with E-state index in [1.807, 2.05) is 38.1 Å². The molecule has 0 amide bonds. The molecule has 1 aromatic carbocycles. The quantitative estimate of drug-likeness (QED) is 0.861. The Bertz CT molecular complexity index is 463. The van der Waals surface area contributed by atoms with Gasteiger partial charge in [-0.2, -0.15) is 0 Å². The molecule has 0 saturated carbocycles. The van der Waals surface area contributed by atoms with Crippen LogP contribution < -0.4 is 10.5 Å². The highest BCUT2D eigenvalue weighted by molar-refractivity contribution is 5.44. The first-order valence-corrected chi connectivity index (χ1v) is 7.15. The van der Waals surface area contributed by atoms with Crippen LogP contribution in [0, 0.1) is 5.92 Å². The minimum atomic E-state index is -1.02. The maximum Gasteiger partial charge on any atom is 0.123 e. The molecule has 0 aliphatic carbocycles. The van der Waals surface area contributed by atoms with Gasteiger partial charge in [-0.15, -0.1) is 0 Å². The van der Waals surface area contributed by atoms with Gasteiger partial charge >= 0.3 is 0 Å². The molecule has 20 heavy (non-hydrogen) atoms. The Morgan fingerprint density at radius 1 is 1.45 bits per heavy atom. The topological polar surface area (TPSA) is 64.7 Å². The second-order valence-corrected chi connectivity index (χ2v) is 5.89. The van der Waals surface area contributed by atoms with Gasteiger partial charge in [0.25, 0.3) is 0 Å². The van der Waals surface area contributed by atoms with Gasteiger partial charge in [0.15, 0.2) is 0 Å². The van der Waals surface area contributed by atoms with Crippen LogP contribution >= 0.6 is 0 Å². The first kappa shape index (κ1) is 15.3. The first-order valence-electron chi connectivity index (χ1n) is 7.15. The monoisotopic (exact) mass is 279 g/mol. The van der Waals surface area contributed by atoms with Gasteiger partial charge in [0, 0.05) is 24.6 Å². The largest absolute Gasteiger partial charge is 0.493 e. The Hall–Kier alpha value is -1.10. The summed E-state index contributed by atoms with van der Waals surface area (Å²) < 4.78 is 11.0. The second-order valence-electron chi connectivity index (χ2n) is 5.89. The van der Waals surface area contributed by atoms with E-state index >= 15 is 0 Å². The fourth-order valence-corrected chi connectivity index (χ4v) is 3.37. The van der Waals surface area contributed by atoms with Gasteiger partial charge in [0.05, 0.1) is 13.2 Å². The third kappa shape index (κ3) is 2.12. The summed E-state index contributed by atoms with van der Waals surface area (Å²) in [5.41, 5.74) is 5.57. The third-order valence-corrected chi connectivity index (χ3v) is 4.69. The van der Waals surface area contributed by atoms with E-state index in [4.69, 9.17) is 15.2 Å². The molecule has 112 valence electrons. The molecule has 0 bridgehead atoms. The number of methoxy groups -OCH3 is 1. The summed E-state index contributed by atoms with van der Waals surface area (Å²) in [6.07, 6.45) is 0.693. The summed E-state index contributed by atoms with van der Waals surface area (Å²) in [6, 6.07) is 7.85.